The Bertz CT molecular complexity index is 1070. The molecule has 0 aliphatic heterocycles. The van der Waals surface area contributed by atoms with Crippen molar-refractivity contribution in [2.45, 2.75) is 0 Å². The topological polar surface area (TPSA) is 68.9 Å². The van der Waals surface area contributed by atoms with E-state index in [1.165, 1.54) is 34.8 Å². The highest BCUT2D eigenvalue weighted by Gasteiger charge is 2.12. The molecule has 0 spiro atoms. The van der Waals surface area contributed by atoms with Gasteiger partial charge in [0.25, 0.3) is 5.69 Å². The van der Waals surface area contributed by atoms with E-state index in [2.05, 4.69) is 9.97 Å². The van der Waals surface area contributed by atoms with Gasteiger partial charge in [0.05, 0.1) is 16.3 Å². The van der Waals surface area contributed by atoms with Crippen LogP contribution in [0, 0.1) is 10.1 Å². The van der Waals surface area contributed by atoms with Gasteiger partial charge in [-0.05, 0) is 24.3 Å². The van der Waals surface area contributed by atoms with Crippen LogP contribution in [0.25, 0.3) is 32.5 Å². The average Bonchev–Trinajstić information content (AvgIpc) is 3.32. The molecule has 2 heterocycles. The second-order valence-electron chi connectivity index (χ2n) is 5.39. The second-order valence-corrected chi connectivity index (χ2v) is 7.54. The van der Waals surface area contributed by atoms with Crippen LogP contribution in [0.5, 0.6) is 0 Å². The third-order valence-electron chi connectivity index (χ3n) is 3.71. The maximum Gasteiger partial charge on any atom is 0.269 e. The first kappa shape index (κ1) is 16.8. The van der Waals surface area contributed by atoms with Gasteiger partial charge in [-0.25, -0.2) is 9.97 Å². The highest BCUT2D eigenvalue weighted by atomic mass is 35.5. The van der Waals surface area contributed by atoms with E-state index in [9.17, 15) is 10.1 Å². The fourth-order valence-corrected chi connectivity index (χ4v) is 4.22. The molecule has 0 fully saturated rings. The SMILES string of the molecule is O=[N+]([O-])c1ccc(-c2csc(-c3nc(-c4ccc(Cl)cc4)cs3)n2)cc1. The Kier molecular flexibility index (Phi) is 4.50. The van der Waals surface area contributed by atoms with E-state index in [-0.39, 0.29) is 5.69 Å². The Hall–Kier alpha value is -2.61. The van der Waals surface area contributed by atoms with Crippen molar-refractivity contribution in [1.29, 1.82) is 0 Å². The predicted octanol–water partition coefficient (Wildman–Crippen LogP) is 6.16. The van der Waals surface area contributed by atoms with Crippen molar-refractivity contribution in [2.75, 3.05) is 0 Å². The van der Waals surface area contributed by atoms with Crippen molar-refractivity contribution in [2.24, 2.45) is 0 Å². The number of non-ortho nitro benzene ring substituents is 1. The van der Waals surface area contributed by atoms with Crippen molar-refractivity contribution in [1.82, 2.24) is 9.97 Å². The zero-order chi connectivity index (χ0) is 18.1. The number of nitro groups is 1. The van der Waals surface area contributed by atoms with E-state index in [0.29, 0.717) is 5.02 Å². The summed E-state index contributed by atoms with van der Waals surface area (Å²) < 4.78 is 0. The summed E-state index contributed by atoms with van der Waals surface area (Å²) in [4.78, 5) is 19.6. The Morgan fingerprint density at radius 3 is 1.73 bits per heavy atom. The summed E-state index contributed by atoms with van der Waals surface area (Å²) in [6.45, 7) is 0. The third-order valence-corrected chi connectivity index (χ3v) is 5.78. The van der Waals surface area contributed by atoms with Gasteiger partial charge in [-0.2, -0.15) is 0 Å². The maximum atomic E-state index is 10.8. The molecule has 0 radical (unpaired) electrons. The van der Waals surface area contributed by atoms with Gasteiger partial charge in [-0.3, -0.25) is 10.1 Å². The van der Waals surface area contributed by atoms with Crippen LogP contribution in [-0.2, 0) is 0 Å². The molecule has 26 heavy (non-hydrogen) atoms. The van der Waals surface area contributed by atoms with Crippen LogP contribution in [0.2, 0.25) is 5.02 Å². The number of nitro benzene ring substituents is 1. The lowest BCUT2D eigenvalue weighted by Crippen LogP contribution is -1.87. The molecule has 0 bridgehead atoms. The monoisotopic (exact) mass is 399 g/mol. The largest absolute Gasteiger partial charge is 0.269 e. The van der Waals surface area contributed by atoms with Gasteiger partial charge in [0.15, 0.2) is 10.0 Å². The molecule has 2 aromatic carbocycles. The van der Waals surface area contributed by atoms with Crippen molar-refractivity contribution in [3.05, 3.63) is 74.4 Å². The summed E-state index contributed by atoms with van der Waals surface area (Å²) in [6.07, 6.45) is 0. The fourth-order valence-electron chi connectivity index (χ4n) is 2.38. The predicted molar refractivity (Wildman–Crippen MR) is 106 cm³/mol. The first-order chi connectivity index (χ1) is 12.6. The molecule has 128 valence electrons. The standard InChI is InChI=1S/C18H10ClN3O2S2/c19-13-5-1-11(2-6-13)15-9-25-17(20-15)18-21-16(10-26-18)12-3-7-14(8-4-12)22(23)24/h1-10H. The van der Waals surface area contributed by atoms with E-state index in [1.54, 1.807) is 12.1 Å². The fraction of sp³-hybridized carbons (Fsp3) is 0. The zero-order valence-electron chi connectivity index (χ0n) is 13.1. The van der Waals surface area contributed by atoms with Gasteiger partial charge < -0.3 is 0 Å². The van der Waals surface area contributed by atoms with E-state index in [0.717, 1.165) is 32.5 Å². The van der Waals surface area contributed by atoms with Gasteiger partial charge in [-0.1, -0.05) is 23.7 Å². The normalized spacial score (nSPS) is 10.8. The van der Waals surface area contributed by atoms with Crippen LogP contribution in [0.4, 0.5) is 5.69 Å². The van der Waals surface area contributed by atoms with Gasteiger partial charge in [0.2, 0.25) is 0 Å². The Morgan fingerprint density at radius 2 is 1.27 bits per heavy atom. The lowest BCUT2D eigenvalue weighted by atomic mass is 10.1. The maximum absolute atomic E-state index is 10.8. The lowest BCUT2D eigenvalue weighted by molar-refractivity contribution is -0.384. The lowest BCUT2D eigenvalue weighted by Gasteiger charge is -1.96. The number of halogens is 1. The Balaban J connectivity index is 1.60. The molecule has 4 rings (SSSR count). The van der Waals surface area contributed by atoms with Crippen LogP contribution in [0.3, 0.4) is 0 Å². The van der Waals surface area contributed by atoms with Crippen LogP contribution in [0.1, 0.15) is 0 Å². The first-order valence-corrected chi connectivity index (χ1v) is 9.66. The molecule has 2 aromatic heterocycles. The molecular weight excluding hydrogens is 390 g/mol. The molecule has 0 aliphatic carbocycles. The van der Waals surface area contributed by atoms with Gasteiger partial charge in [0.1, 0.15) is 0 Å². The van der Waals surface area contributed by atoms with Gasteiger partial charge in [0, 0.05) is 39.0 Å². The summed E-state index contributed by atoms with van der Waals surface area (Å²) >= 11 is 8.96. The van der Waals surface area contributed by atoms with Crippen LogP contribution >= 0.6 is 34.3 Å². The van der Waals surface area contributed by atoms with E-state index in [4.69, 9.17) is 11.6 Å². The van der Waals surface area contributed by atoms with Gasteiger partial charge >= 0.3 is 0 Å². The van der Waals surface area contributed by atoms with Crippen LogP contribution in [-0.4, -0.2) is 14.9 Å². The molecule has 0 aliphatic rings. The smallest absolute Gasteiger partial charge is 0.258 e. The molecule has 8 heteroatoms. The highest BCUT2D eigenvalue weighted by Crippen LogP contribution is 2.33. The summed E-state index contributed by atoms with van der Waals surface area (Å²) in [5.74, 6) is 0. The Labute approximate surface area is 161 Å². The summed E-state index contributed by atoms with van der Waals surface area (Å²) in [5, 5.41) is 17.0. The number of rotatable bonds is 4. The average molecular weight is 400 g/mol. The number of hydrogen-bond acceptors (Lipinski definition) is 6. The van der Waals surface area contributed by atoms with Gasteiger partial charge in [-0.15, -0.1) is 22.7 Å². The molecule has 0 amide bonds. The molecule has 0 unspecified atom stereocenters. The minimum Gasteiger partial charge on any atom is -0.258 e. The summed E-state index contributed by atoms with van der Waals surface area (Å²) in [6, 6.07) is 13.9. The minimum absolute atomic E-state index is 0.0664. The molecular formula is C18H10ClN3O2S2. The van der Waals surface area contributed by atoms with Crippen molar-refractivity contribution in [3.63, 3.8) is 0 Å². The number of benzene rings is 2. The minimum atomic E-state index is -0.413. The number of nitrogens with zero attached hydrogens (tertiary/aromatic N) is 3. The number of thiazole rings is 2. The quantitative estimate of drug-likeness (QED) is 0.304. The Morgan fingerprint density at radius 1 is 0.808 bits per heavy atom. The summed E-state index contributed by atoms with van der Waals surface area (Å²) in [5.41, 5.74) is 3.57. The number of aromatic nitrogens is 2. The molecule has 0 saturated heterocycles. The third kappa shape index (κ3) is 3.37. The molecule has 0 atom stereocenters. The van der Waals surface area contributed by atoms with Crippen LogP contribution in [0.15, 0.2) is 59.3 Å². The van der Waals surface area contributed by atoms with E-state index < -0.39 is 4.92 Å². The van der Waals surface area contributed by atoms with E-state index in [1.807, 2.05) is 35.0 Å². The van der Waals surface area contributed by atoms with Crippen LogP contribution < -0.4 is 0 Å². The number of hydrogen-bond donors (Lipinski definition) is 0. The van der Waals surface area contributed by atoms with E-state index >= 15 is 0 Å². The summed E-state index contributed by atoms with van der Waals surface area (Å²) in [7, 11) is 0. The molecule has 0 saturated carbocycles. The second kappa shape index (κ2) is 6.95. The zero-order valence-corrected chi connectivity index (χ0v) is 15.5. The molecule has 0 N–H and O–H groups in total. The molecule has 4 aromatic rings. The van der Waals surface area contributed by atoms with Crippen molar-refractivity contribution >= 4 is 40.0 Å². The molecule has 5 nitrogen and oxygen atoms in total. The first-order valence-electron chi connectivity index (χ1n) is 7.52. The van der Waals surface area contributed by atoms with Crippen molar-refractivity contribution < 1.29 is 4.92 Å². The van der Waals surface area contributed by atoms with Crippen molar-refractivity contribution in [3.8, 4) is 32.5 Å². The highest BCUT2D eigenvalue weighted by molar-refractivity contribution is 7.20.